The molecule has 1 amide bonds. The normalized spacial score (nSPS) is 10.0. The molecule has 108 valence electrons. The lowest BCUT2D eigenvalue weighted by Gasteiger charge is -2.08. The molecule has 0 saturated carbocycles. The van der Waals surface area contributed by atoms with E-state index in [4.69, 9.17) is 5.11 Å². The molecule has 0 spiro atoms. The van der Waals surface area contributed by atoms with Crippen molar-refractivity contribution in [2.75, 3.05) is 12.4 Å². The van der Waals surface area contributed by atoms with E-state index in [1.807, 2.05) is 0 Å². The molecule has 2 rings (SSSR count). The molecule has 2 aromatic rings. The average Bonchev–Trinajstić information content (AvgIpc) is 2.49. The molecule has 7 heteroatoms. The smallest absolute Gasteiger partial charge is 0.336 e. The highest BCUT2D eigenvalue weighted by molar-refractivity contribution is 5.92. The summed E-state index contributed by atoms with van der Waals surface area (Å²) in [7, 11) is 1.51. The third-order valence-electron chi connectivity index (χ3n) is 2.86. The van der Waals surface area contributed by atoms with Crippen molar-refractivity contribution in [2.45, 2.75) is 6.92 Å². The number of aromatic nitrogens is 2. The standard InChI is InChI=1S/C14H14N4O3/c1-8-3-4-9(7-10(8)14(20)21)16-12-6-5-11(17-18-12)13(19)15-2/h3-7H,1-2H3,(H,15,19)(H,16,18)(H,20,21). The van der Waals surface area contributed by atoms with Gasteiger partial charge in [0.25, 0.3) is 5.91 Å². The Hall–Kier alpha value is -2.96. The van der Waals surface area contributed by atoms with Gasteiger partial charge in [-0.3, -0.25) is 4.79 Å². The van der Waals surface area contributed by atoms with E-state index in [0.717, 1.165) is 0 Å². The maximum absolute atomic E-state index is 11.3. The second kappa shape index (κ2) is 6.00. The topological polar surface area (TPSA) is 104 Å². The minimum absolute atomic E-state index is 0.207. The summed E-state index contributed by atoms with van der Waals surface area (Å²) in [4.78, 5) is 22.4. The first-order valence-corrected chi connectivity index (χ1v) is 6.18. The Morgan fingerprint density at radius 2 is 1.90 bits per heavy atom. The molecule has 1 heterocycles. The van der Waals surface area contributed by atoms with Crippen molar-refractivity contribution in [1.29, 1.82) is 0 Å². The molecule has 1 aromatic heterocycles. The third kappa shape index (κ3) is 3.33. The molecule has 0 aliphatic heterocycles. The number of benzene rings is 1. The summed E-state index contributed by atoms with van der Waals surface area (Å²) in [5.41, 5.74) is 1.68. The fourth-order valence-electron chi connectivity index (χ4n) is 1.73. The Bertz CT molecular complexity index is 683. The summed E-state index contributed by atoms with van der Waals surface area (Å²) in [6.45, 7) is 1.73. The summed E-state index contributed by atoms with van der Waals surface area (Å²) in [6, 6.07) is 8.10. The molecule has 0 aliphatic rings. The predicted octanol–water partition coefficient (Wildman–Crippen LogP) is 1.59. The molecule has 0 atom stereocenters. The zero-order valence-corrected chi connectivity index (χ0v) is 11.5. The van der Waals surface area contributed by atoms with Gasteiger partial charge < -0.3 is 15.7 Å². The summed E-state index contributed by atoms with van der Waals surface area (Å²) in [5.74, 6) is -0.891. The van der Waals surface area contributed by atoms with Crippen LogP contribution in [0.4, 0.5) is 11.5 Å². The lowest BCUT2D eigenvalue weighted by Crippen LogP contribution is -2.19. The van der Waals surface area contributed by atoms with E-state index in [0.29, 0.717) is 17.1 Å². The molecular formula is C14H14N4O3. The highest BCUT2D eigenvalue weighted by Crippen LogP contribution is 2.18. The van der Waals surface area contributed by atoms with Gasteiger partial charge >= 0.3 is 5.97 Å². The van der Waals surface area contributed by atoms with Crippen LogP contribution in [0.3, 0.4) is 0 Å². The maximum atomic E-state index is 11.3. The van der Waals surface area contributed by atoms with E-state index in [9.17, 15) is 9.59 Å². The van der Waals surface area contributed by atoms with E-state index in [2.05, 4.69) is 20.8 Å². The van der Waals surface area contributed by atoms with Gasteiger partial charge in [-0.05, 0) is 36.8 Å². The highest BCUT2D eigenvalue weighted by atomic mass is 16.4. The minimum atomic E-state index is -0.989. The number of hydrogen-bond donors (Lipinski definition) is 3. The van der Waals surface area contributed by atoms with Crippen LogP contribution >= 0.6 is 0 Å². The van der Waals surface area contributed by atoms with Crippen molar-refractivity contribution in [3.05, 3.63) is 47.2 Å². The average molecular weight is 286 g/mol. The quantitative estimate of drug-likeness (QED) is 0.788. The molecule has 1 aromatic carbocycles. The molecule has 0 fully saturated rings. The van der Waals surface area contributed by atoms with Crippen LogP contribution in [0.25, 0.3) is 0 Å². The molecule has 3 N–H and O–H groups in total. The van der Waals surface area contributed by atoms with Gasteiger partial charge in [0.05, 0.1) is 5.56 Å². The van der Waals surface area contributed by atoms with Gasteiger partial charge in [0.2, 0.25) is 0 Å². The Morgan fingerprint density at radius 3 is 2.48 bits per heavy atom. The number of carboxylic acid groups (broad SMARTS) is 1. The monoisotopic (exact) mass is 286 g/mol. The third-order valence-corrected chi connectivity index (χ3v) is 2.86. The van der Waals surface area contributed by atoms with Gasteiger partial charge in [0, 0.05) is 12.7 Å². The fraction of sp³-hybridized carbons (Fsp3) is 0.143. The van der Waals surface area contributed by atoms with E-state index in [-0.39, 0.29) is 17.2 Å². The van der Waals surface area contributed by atoms with Gasteiger partial charge in [-0.25, -0.2) is 4.79 Å². The van der Waals surface area contributed by atoms with E-state index in [1.54, 1.807) is 25.1 Å². The fourth-order valence-corrected chi connectivity index (χ4v) is 1.73. The van der Waals surface area contributed by atoms with Gasteiger partial charge in [0.15, 0.2) is 11.5 Å². The number of carboxylic acids is 1. The Kier molecular flexibility index (Phi) is 4.13. The minimum Gasteiger partial charge on any atom is -0.478 e. The molecule has 0 radical (unpaired) electrons. The number of rotatable bonds is 4. The van der Waals surface area contributed by atoms with E-state index >= 15 is 0 Å². The lowest BCUT2D eigenvalue weighted by atomic mass is 10.1. The first kappa shape index (κ1) is 14.4. The van der Waals surface area contributed by atoms with Crippen LogP contribution in [0.2, 0.25) is 0 Å². The number of amides is 1. The molecule has 0 bridgehead atoms. The molecule has 7 nitrogen and oxygen atoms in total. The number of aromatic carboxylic acids is 1. The van der Waals surface area contributed by atoms with Crippen LogP contribution in [-0.2, 0) is 0 Å². The molecule has 0 aliphatic carbocycles. The maximum Gasteiger partial charge on any atom is 0.336 e. The summed E-state index contributed by atoms with van der Waals surface area (Å²) in [6.07, 6.45) is 0. The zero-order chi connectivity index (χ0) is 15.4. The van der Waals surface area contributed by atoms with Crippen LogP contribution in [-0.4, -0.2) is 34.2 Å². The summed E-state index contributed by atoms with van der Waals surface area (Å²) in [5, 5.41) is 22.1. The second-order valence-corrected chi connectivity index (χ2v) is 4.34. The lowest BCUT2D eigenvalue weighted by molar-refractivity contribution is 0.0696. The summed E-state index contributed by atoms with van der Waals surface area (Å²) < 4.78 is 0. The molecule has 0 saturated heterocycles. The van der Waals surface area contributed by atoms with E-state index < -0.39 is 5.97 Å². The number of nitrogens with one attached hydrogen (secondary N) is 2. The van der Waals surface area contributed by atoms with Crippen LogP contribution in [0.1, 0.15) is 26.4 Å². The first-order valence-electron chi connectivity index (χ1n) is 6.18. The number of anilines is 2. The predicted molar refractivity (Wildman–Crippen MR) is 76.8 cm³/mol. The number of nitrogens with zero attached hydrogens (tertiary/aromatic N) is 2. The van der Waals surface area contributed by atoms with Crippen LogP contribution in [0, 0.1) is 6.92 Å². The number of carbonyl (C=O) groups excluding carboxylic acids is 1. The Balaban J connectivity index is 2.20. The van der Waals surface area contributed by atoms with Crippen molar-refractivity contribution in [3.63, 3.8) is 0 Å². The summed E-state index contributed by atoms with van der Waals surface area (Å²) >= 11 is 0. The van der Waals surface area contributed by atoms with Gasteiger partial charge in [-0.15, -0.1) is 10.2 Å². The number of hydrogen-bond acceptors (Lipinski definition) is 5. The van der Waals surface area contributed by atoms with Gasteiger partial charge in [0.1, 0.15) is 0 Å². The van der Waals surface area contributed by atoms with Crippen LogP contribution in [0.5, 0.6) is 0 Å². The highest BCUT2D eigenvalue weighted by Gasteiger charge is 2.09. The first-order chi connectivity index (χ1) is 10.0. The SMILES string of the molecule is CNC(=O)c1ccc(Nc2ccc(C)c(C(=O)O)c2)nn1. The van der Waals surface area contributed by atoms with Gasteiger partial charge in [-0.1, -0.05) is 6.07 Å². The number of carbonyl (C=O) groups is 2. The van der Waals surface area contributed by atoms with Crippen LogP contribution in [0.15, 0.2) is 30.3 Å². The van der Waals surface area contributed by atoms with Crippen molar-refractivity contribution >= 4 is 23.4 Å². The second-order valence-electron chi connectivity index (χ2n) is 4.34. The van der Waals surface area contributed by atoms with Crippen molar-refractivity contribution in [2.24, 2.45) is 0 Å². The van der Waals surface area contributed by atoms with E-state index in [1.165, 1.54) is 19.2 Å². The Morgan fingerprint density at radius 1 is 1.14 bits per heavy atom. The Labute approximate surface area is 121 Å². The molecular weight excluding hydrogens is 272 g/mol. The van der Waals surface area contributed by atoms with Crippen molar-refractivity contribution in [1.82, 2.24) is 15.5 Å². The van der Waals surface area contributed by atoms with Crippen LogP contribution < -0.4 is 10.6 Å². The largest absolute Gasteiger partial charge is 0.478 e. The molecule has 0 unspecified atom stereocenters. The zero-order valence-electron chi connectivity index (χ0n) is 11.5. The van der Waals surface area contributed by atoms with Crippen molar-refractivity contribution in [3.8, 4) is 0 Å². The van der Waals surface area contributed by atoms with Gasteiger partial charge in [-0.2, -0.15) is 0 Å². The number of aryl methyl sites for hydroxylation is 1. The van der Waals surface area contributed by atoms with Crippen molar-refractivity contribution < 1.29 is 14.7 Å². The molecule has 21 heavy (non-hydrogen) atoms.